The number of nitrogens with one attached hydrogen (secondary N) is 3. The lowest BCUT2D eigenvalue weighted by Crippen LogP contribution is -2.43. The third-order valence-electron chi connectivity index (χ3n) is 4.30. The topological polar surface area (TPSA) is 79.5 Å². The van der Waals surface area contributed by atoms with Crippen LogP contribution in [0.5, 0.6) is 5.75 Å². The van der Waals surface area contributed by atoms with Gasteiger partial charge >= 0.3 is 6.03 Å². The van der Waals surface area contributed by atoms with Gasteiger partial charge in [-0.3, -0.25) is 4.79 Å². The summed E-state index contributed by atoms with van der Waals surface area (Å²) >= 11 is 0. The number of ether oxygens (including phenoxy) is 1. The Bertz CT molecular complexity index is 588. The van der Waals surface area contributed by atoms with Crippen molar-refractivity contribution in [2.45, 2.75) is 38.6 Å². The maximum Gasteiger partial charge on any atom is 0.319 e. The van der Waals surface area contributed by atoms with Crippen LogP contribution in [-0.4, -0.2) is 24.6 Å². The molecule has 2 aliphatic rings. The third-order valence-corrected chi connectivity index (χ3v) is 4.30. The van der Waals surface area contributed by atoms with Gasteiger partial charge in [0.25, 0.3) is 5.91 Å². The lowest BCUT2D eigenvalue weighted by Gasteiger charge is -2.29. The normalized spacial score (nSPS) is 23.8. The zero-order valence-electron chi connectivity index (χ0n) is 12.6. The molecule has 1 heterocycles. The lowest BCUT2D eigenvalue weighted by atomic mass is 9.86. The first-order chi connectivity index (χ1) is 10.6. The van der Waals surface area contributed by atoms with Crippen LogP contribution in [0.1, 0.15) is 32.6 Å². The minimum atomic E-state index is -0.196. The van der Waals surface area contributed by atoms with Crippen molar-refractivity contribution in [1.82, 2.24) is 5.32 Å². The highest BCUT2D eigenvalue weighted by Crippen LogP contribution is 2.30. The molecule has 3 rings (SSSR count). The molecule has 1 aliphatic carbocycles. The average molecular weight is 303 g/mol. The predicted octanol–water partition coefficient (Wildman–Crippen LogP) is 2.72. The van der Waals surface area contributed by atoms with Crippen molar-refractivity contribution in [1.29, 1.82) is 0 Å². The van der Waals surface area contributed by atoms with E-state index in [2.05, 4.69) is 22.9 Å². The van der Waals surface area contributed by atoms with E-state index in [1.165, 1.54) is 12.8 Å². The molecule has 6 heteroatoms. The average Bonchev–Trinajstić information content (AvgIpc) is 2.50. The number of carbonyl (C=O) groups is 2. The second kappa shape index (κ2) is 6.25. The van der Waals surface area contributed by atoms with Crippen LogP contribution in [0.4, 0.5) is 16.2 Å². The van der Waals surface area contributed by atoms with Gasteiger partial charge < -0.3 is 20.7 Å². The maximum absolute atomic E-state index is 12.1. The van der Waals surface area contributed by atoms with Crippen molar-refractivity contribution in [3.63, 3.8) is 0 Å². The van der Waals surface area contributed by atoms with Crippen molar-refractivity contribution in [2.24, 2.45) is 5.92 Å². The molecule has 118 valence electrons. The van der Waals surface area contributed by atoms with Crippen LogP contribution < -0.4 is 20.7 Å². The Morgan fingerprint density at radius 2 is 2.14 bits per heavy atom. The zero-order valence-corrected chi connectivity index (χ0v) is 12.6. The number of benzene rings is 1. The highest BCUT2D eigenvalue weighted by atomic mass is 16.5. The number of rotatable bonds is 2. The molecule has 1 fully saturated rings. The molecule has 22 heavy (non-hydrogen) atoms. The van der Waals surface area contributed by atoms with E-state index in [1.807, 2.05) is 0 Å². The van der Waals surface area contributed by atoms with Gasteiger partial charge in [-0.1, -0.05) is 19.8 Å². The molecule has 1 saturated carbocycles. The summed E-state index contributed by atoms with van der Waals surface area (Å²) in [5.74, 6) is 0.919. The number of hydrogen-bond donors (Lipinski definition) is 3. The van der Waals surface area contributed by atoms with Crippen LogP contribution in [0.25, 0.3) is 0 Å². The van der Waals surface area contributed by atoms with Crippen molar-refractivity contribution in [3.8, 4) is 5.75 Å². The summed E-state index contributed by atoms with van der Waals surface area (Å²) in [7, 11) is 0. The number of amides is 3. The number of hydrogen-bond acceptors (Lipinski definition) is 3. The molecular weight excluding hydrogens is 282 g/mol. The molecule has 1 aliphatic heterocycles. The molecule has 0 radical (unpaired) electrons. The molecule has 1 aromatic rings. The lowest BCUT2D eigenvalue weighted by molar-refractivity contribution is -0.118. The van der Waals surface area contributed by atoms with E-state index in [4.69, 9.17) is 4.74 Å². The van der Waals surface area contributed by atoms with Gasteiger partial charge in [0.05, 0.1) is 5.69 Å². The predicted molar refractivity (Wildman–Crippen MR) is 84.1 cm³/mol. The van der Waals surface area contributed by atoms with Crippen LogP contribution in [-0.2, 0) is 4.79 Å². The van der Waals surface area contributed by atoms with Gasteiger partial charge in [0, 0.05) is 17.8 Å². The van der Waals surface area contributed by atoms with Crippen LogP contribution in [0.3, 0.4) is 0 Å². The second-order valence-electron chi connectivity index (χ2n) is 6.01. The van der Waals surface area contributed by atoms with E-state index < -0.39 is 0 Å². The fourth-order valence-electron chi connectivity index (χ4n) is 3.02. The largest absolute Gasteiger partial charge is 0.482 e. The highest BCUT2D eigenvalue weighted by molar-refractivity contribution is 5.96. The summed E-state index contributed by atoms with van der Waals surface area (Å²) in [5.41, 5.74) is 1.28. The molecule has 1 aromatic carbocycles. The van der Waals surface area contributed by atoms with Gasteiger partial charge in [0.2, 0.25) is 0 Å². The Morgan fingerprint density at radius 1 is 1.32 bits per heavy atom. The van der Waals surface area contributed by atoms with Crippen molar-refractivity contribution >= 4 is 23.3 Å². The zero-order chi connectivity index (χ0) is 15.5. The molecule has 0 saturated heterocycles. The molecule has 0 spiro atoms. The minimum Gasteiger partial charge on any atom is -0.482 e. The van der Waals surface area contributed by atoms with Crippen LogP contribution in [0.15, 0.2) is 18.2 Å². The minimum absolute atomic E-state index is 0.00222. The van der Waals surface area contributed by atoms with Gasteiger partial charge in [0.1, 0.15) is 5.75 Å². The SMILES string of the molecule is CC1CCCCC1NC(=O)Nc1ccc2c(c1)OCC(=O)N2. The first kappa shape index (κ1) is 14.7. The van der Waals surface area contributed by atoms with Crippen molar-refractivity contribution in [3.05, 3.63) is 18.2 Å². The monoisotopic (exact) mass is 303 g/mol. The van der Waals surface area contributed by atoms with E-state index in [1.54, 1.807) is 18.2 Å². The number of urea groups is 1. The molecular formula is C16H21N3O3. The fourth-order valence-corrected chi connectivity index (χ4v) is 3.02. The smallest absolute Gasteiger partial charge is 0.319 e. The molecule has 2 unspecified atom stereocenters. The number of fused-ring (bicyclic) bond motifs is 1. The molecule has 2 atom stereocenters. The highest BCUT2D eigenvalue weighted by Gasteiger charge is 2.23. The van der Waals surface area contributed by atoms with Gasteiger partial charge in [-0.15, -0.1) is 0 Å². The van der Waals surface area contributed by atoms with Crippen molar-refractivity contribution < 1.29 is 14.3 Å². The van der Waals surface area contributed by atoms with Gasteiger partial charge in [-0.05, 0) is 30.9 Å². The summed E-state index contributed by atoms with van der Waals surface area (Å²) in [4.78, 5) is 23.3. The summed E-state index contributed by atoms with van der Waals surface area (Å²) < 4.78 is 5.34. The van der Waals surface area contributed by atoms with E-state index in [0.29, 0.717) is 23.0 Å². The summed E-state index contributed by atoms with van der Waals surface area (Å²) in [6.07, 6.45) is 4.61. The third kappa shape index (κ3) is 3.32. The van der Waals surface area contributed by atoms with Crippen LogP contribution in [0, 0.1) is 5.92 Å². The molecule has 3 N–H and O–H groups in total. The quantitative estimate of drug-likeness (QED) is 0.786. The van der Waals surface area contributed by atoms with E-state index in [-0.39, 0.29) is 24.6 Å². The summed E-state index contributed by atoms with van der Waals surface area (Å²) in [6.45, 7) is 2.18. The van der Waals surface area contributed by atoms with Gasteiger partial charge in [0.15, 0.2) is 6.61 Å². The Morgan fingerprint density at radius 3 is 2.95 bits per heavy atom. The first-order valence-electron chi connectivity index (χ1n) is 7.76. The molecule has 3 amide bonds. The van der Waals surface area contributed by atoms with E-state index in [9.17, 15) is 9.59 Å². The van der Waals surface area contributed by atoms with E-state index in [0.717, 1.165) is 12.8 Å². The van der Waals surface area contributed by atoms with Gasteiger partial charge in [-0.2, -0.15) is 0 Å². The standard InChI is InChI=1S/C16H21N3O3/c1-10-4-2-3-5-12(10)19-16(21)17-11-6-7-13-14(8-11)22-9-15(20)18-13/h6-8,10,12H,2-5,9H2,1H3,(H,18,20)(H2,17,19,21). The van der Waals surface area contributed by atoms with Gasteiger partial charge in [-0.25, -0.2) is 4.79 Å². The Balaban J connectivity index is 1.60. The summed E-state index contributed by atoms with van der Waals surface area (Å²) in [5, 5.41) is 8.59. The maximum atomic E-state index is 12.1. The van der Waals surface area contributed by atoms with Crippen LogP contribution in [0.2, 0.25) is 0 Å². The van der Waals surface area contributed by atoms with E-state index >= 15 is 0 Å². The molecule has 0 bridgehead atoms. The summed E-state index contributed by atoms with van der Waals surface area (Å²) in [6, 6.07) is 5.24. The van der Waals surface area contributed by atoms with Crippen LogP contribution >= 0.6 is 0 Å². The number of anilines is 2. The Kier molecular flexibility index (Phi) is 4.18. The molecule has 0 aromatic heterocycles. The Labute approximate surface area is 129 Å². The van der Waals surface area contributed by atoms with Crippen molar-refractivity contribution in [2.75, 3.05) is 17.2 Å². The first-order valence-corrected chi connectivity index (χ1v) is 7.76. The number of carbonyl (C=O) groups excluding carboxylic acids is 2. The Hall–Kier alpha value is -2.24. The molecule has 6 nitrogen and oxygen atoms in total. The fraction of sp³-hybridized carbons (Fsp3) is 0.500. The second-order valence-corrected chi connectivity index (χ2v) is 6.01.